The number of anilines is 1. The van der Waals surface area contributed by atoms with Crippen LogP contribution in [0, 0.1) is 6.92 Å². The van der Waals surface area contributed by atoms with Crippen LogP contribution in [0.25, 0.3) is 0 Å². The quantitative estimate of drug-likeness (QED) is 0.598. The number of hydrogen-bond acceptors (Lipinski definition) is 5. The summed E-state index contributed by atoms with van der Waals surface area (Å²) in [5.74, 6) is -0.557. The molecule has 2 aromatic rings. The highest BCUT2D eigenvalue weighted by atomic mass is 32.2. The molecule has 2 rings (SSSR count). The molecule has 23 heavy (non-hydrogen) atoms. The minimum Gasteiger partial charge on any atom is -0.327 e. The fourth-order valence-corrected chi connectivity index (χ4v) is 3.15. The van der Waals surface area contributed by atoms with Gasteiger partial charge < -0.3 is 10.4 Å². The summed E-state index contributed by atoms with van der Waals surface area (Å²) in [5.41, 5.74) is -0.126. The second-order valence-electron chi connectivity index (χ2n) is 5.03. The SMILES string of the molecule is Cc1c(C(=O)c2c[nH]n(C)c2=O)ccc(S(C)(=O)=O)c1NC=O. The fourth-order valence-electron chi connectivity index (χ4n) is 2.25. The lowest BCUT2D eigenvalue weighted by atomic mass is 9.99. The zero-order valence-electron chi connectivity index (χ0n) is 12.7. The van der Waals surface area contributed by atoms with Crippen molar-refractivity contribution in [3.05, 3.63) is 45.4 Å². The van der Waals surface area contributed by atoms with Crippen molar-refractivity contribution in [2.45, 2.75) is 11.8 Å². The fraction of sp³-hybridized carbons (Fsp3) is 0.214. The molecule has 0 aliphatic rings. The molecule has 0 saturated heterocycles. The first kappa shape index (κ1) is 16.7. The van der Waals surface area contributed by atoms with E-state index in [9.17, 15) is 22.8 Å². The standard InChI is InChI=1S/C14H15N3O5S/c1-8-9(13(19)10-6-16-17(2)14(10)20)4-5-11(23(3,21)22)12(8)15-7-18/h4-7,16H,1-3H3,(H,15,18). The van der Waals surface area contributed by atoms with Crippen LogP contribution >= 0.6 is 0 Å². The van der Waals surface area contributed by atoms with Gasteiger partial charge in [0.2, 0.25) is 12.2 Å². The van der Waals surface area contributed by atoms with Crippen molar-refractivity contribution >= 4 is 27.7 Å². The molecule has 9 heteroatoms. The van der Waals surface area contributed by atoms with Crippen LogP contribution in [-0.2, 0) is 21.7 Å². The summed E-state index contributed by atoms with van der Waals surface area (Å²) in [6.45, 7) is 1.50. The van der Waals surface area contributed by atoms with E-state index < -0.39 is 21.2 Å². The number of rotatable bonds is 5. The molecule has 0 aliphatic carbocycles. The maximum atomic E-state index is 12.5. The molecule has 0 fully saturated rings. The molecule has 1 amide bonds. The maximum absolute atomic E-state index is 12.5. The highest BCUT2D eigenvalue weighted by molar-refractivity contribution is 7.90. The molecule has 1 heterocycles. The Morgan fingerprint density at radius 1 is 1.30 bits per heavy atom. The van der Waals surface area contributed by atoms with Crippen LogP contribution in [-0.4, -0.2) is 36.6 Å². The molecule has 8 nitrogen and oxygen atoms in total. The molecule has 1 aromatic heterocycles. The number of carbonyl (C=O) groups is 2. The monoisotopic (exact) mass is 337 g/mol. The van der Waals surface area contributed by atoms with Crippen LogP contribution in [0.4, 0.5) is 5.69 Å². The molecule has 2 N–H and O–H groups in total. The van der Waals surface area contributed by atoms with Gasteiger partial charge in [0.1, 0.15) is 5.56 Å². The number of ketones is 1. The Morgan fingerprint density at radius 2 is 1.96 bits per heavy atom. The first-order valence-corrected chi connectivity index (χ1v) is 8.40. The Hall–Kier alpha value is -2.68. The van der Waals surface area contributed by atoms with E-state index in [1.54, 1.807) is 0 Å². The van der Waals surface area contributed by atoms with E-state index in [1.165, 1.54) is 32.3 Å². The third kappa shape index (κ3) is 2.95. The first-order valence-electron chi connectivity index (χ1n) is 6.51. The normalized spacial score (nSPS) is 11.3. The number of amides is 1. The lowest BCUT2D eigenvalue weighted by molar-refractivity contribution is -0.105. The lowest BCUT2D eigenvalue weighted by Gasteiger charge is -2.13. The van der Waals surface area contributed by atoms with Crippen LogP contribution < -0.4 is 10.9 Å². The second-order valence-corrected chi connectivity index (χ2v) is 7.01. The van der Waals surface area contributed by atoms with E-state index in [4.69, 9.17) is 0 Å². The van der Waals surface area contributed by atoms with Gasteiger partial charge in [0.15, 0.2) is 9.84 Å². The molecular weight excluding hydrogens is 322 g/mol. The number of aryl methyl sites for hydroxylation is 1. The molecule has 0 unspecified atom stereocenters. The number of carbonyl (C=O) groups excluding carboxylic acids is 2. The number of nitrogens with zero attached hydrogens (tertiary/aromatic N) is 1. The van der Waals surface area contributed by atoms with Crippen LogP contribution in [0.1, 0.15) is 21.5 Å². The Labute approximate surface area is 132 Å². The average molecular weight is 337 g/mol. The van der Waals surface area contributed by atoms with Gasteiger partial charge in [0.05, 0.1) is 10.6 Å². The molecule has 0 aliphatic heterocycles. The van der Waals surface area contributed by atoms with Crippen LogP contribution in [0.3, 0.4) is 0 Å². The second kappa shape index (κ2) is 5.84. The number of nitrogens with one attached hydrogen (secondary N) is 2. The van der Waals surface area contributed by atoms with Crippen molar-refractivity contribution < 1.29 is 18.0 Å². The van der Waals surface area contributed by atoms with E-state index in [2.05, 4.69) is 10.4 Å². The summed E-state index contributed by atoms with van der Waals surface area (Å²) < 4.78 is 24.7. The molecular formula is C14H15N3O5S. The summed E-state index contributed by atoms with van der Waals surface area (Å²) in [6, 6.07) is 2.56. The van der Waals surface area contributed by atoms with Gasteiger partial charge in [-0.25, -0.2) is 8.42 Å². The van der Waals surface area contributed by atoms with E-state index in [0.717, 1.165) is 10.9 Å². The Bertz CT molecular complexity index is 953. The van der Waals surface area contributed by atoms with Gasteiger partial charge >= 0.3 is 0 Å². The summed E-state index contributed by atoms with van der Waals surface area (Å²) in [5, 5.41) is 4.91. The third-order valence-corrected chi connectivity index (χ3v) is 4.60. The van der Waals surface area contributed by atoms with Crippen molar-refractivity contribution in [1.29, 1.82) is 0 Å². The first-order chi connectivity index (χ1) is 10.7. The Balaban J connectivity index is 2.68. The smallest absolute Gasteiger partial charge is 0.277 e. The van der Waals surface area contributed by atoms with Crippen molar-refractivity contribution in [3.63, 3.8) is 0 Å². The summed E-state index contributed by atoms with van der Waals surface area (Å²) in [6.07, 6.45) is 2.61. The van der Waals surface area contributed by atoms with Gasteiger partial charge in [0, 0.05) is 25.1 Å². The highest BCUT2D eigenvalue weighted by Gasteiger charge is 2.23. The van der Waals surface area contributed by atoms with E-state index >= 15 is 0 Å². The third-order valence-electron chi connectivity index (χ3n) is 3.46. The highest BCUT2D eigenvalue weighted by Crippen LogP contribution is 2.28. The maximum Gasteiger partial charge on any atom is 0.277 e. The molecule has 122 valence electrons. The van der Waals surface area contributed by atoms with Crippen molar-refractivity contribution in [2.75, 3.05) is 11.6 Å². The van der Waals surface area contributed by atoms with Crippen molar-refractivity contribution in [2.24, 2.45) is 7.05 Å². The van der Waals surface area contributed by atoms with Crippen LogP contribution in [0.2, 0.25) is 0 Å². The summed E-state index contributed by atoms with van der Waals surface area (Å²) >= 11 is 0. The van der Waals surface area contributed by atoms with Gasteiger partial charge in [0.25, 0.3) is 5.56 Å². The zero-order valence-corrected chi connectivity index (χ0v) is 13.5. The number of benzene rings is 1. The number of sulfone groups is 1. The lowest BCUT2D eigenvalue weighted by Crippen LogP contribution is -2.20. The van der Waals surface area contributed by atoms with Gasteiger partial charge in [-0.2, -0.15) is 0 Å². The zero-order chi connectivity index (χ0) is 17.4. The van der Waals surface area contributed by atoms with Crippen LogP contribution in [0.5, 0.6) is 0 Å². The largest absolute Gasteiger partial charge is 0.327 e. The van der Waals surface area contributed by atoms with Crippen molar-refractivity contribution in [1.82, 2.24) is 9.78 Å². The molecule has 0 atom stereocenters. The predicted molar refractivity (Wildman–Crippen MR) is 83.4 cm³/mol. The van der Waals surface area contributed by atoms with Crippen molar-refractivity contribution in [3.8, 4) is 0 Å². The minimum atomic E-state index is -3.59. The topological polar surface area (TPSA) is 118 Å². The van der Waals surface area contributed by atoms with E-state index in [-0.39, 0.29) is 27.3 Å². The van der Waals surface area contributed by atoms with Gasteiger partial charge in [-0.05, 0) is 24.6 Å². The van der Waals surface area contributed by atoms with Gasteiger partial charge in [-0.3, -0.25) is 19.1 Å². The van der Waals surface area contributed by atoms with Gasteiger partial charge in [-0.15, -0.1) is 0 Å². The van der Waals surface area contributed by atoms with Crippen LogP contribution in [0.15, 0.2) is 28.0 Å². The molecule has 0 radical (unpaired) electrons. The number of aromatic nitrogens is 2. The number of hydrogen-bond donors (Lipinski definition) is 2. The van der Waals surface area contributed by atoms with E-state index in [1.807, 2.05) is 0 Å². The predicted octanol–water partition coefficient (Wildman–Crippen LogP) is 0.225. The van der Waals surface area contributed by atoms with Gasteiger partial charge in [-0.1, -0.05) is 0 Å². The molecule has 0 spiro atoms. The Morgan fingerprint density at radius 3 is 2.43 bits per heavy atom. The number of aromatic amines is 1. The van der Waals surface area contributed by atoms with E-state index in [0.29, 0.717) is 6.41 Å². The molecule has 0 bridgehead atoms. The summed E-state index contributed by atoms with van der Waals surface area (Å²) in [7, 11) is -2.12. The Kier molecular flexibility index (Phi) is 4.24. The molecule has 1 aromatic carbocycles. The average Bonchev–Trinajstić information content (AvgIpc) is 2.79. The molecule has 0 saturated carbocycles. The number of H-pyrrole nitrogens is 1. The minimum absolute atomic E-state index is 0.0284. The summed E-state index contributed by atoms with van der Waals surface area (Å²) in [4.78, 5) is 35.1.